The van der Waals surface area contributed by atoms with Crippen LogP contribution in [0.4, 0.5) is 13.2 Å². The highest BCUT2D eigenvalue weighted by Crippen LogP contribution is 2.35. The van der Waals surface area contributed by atoms with Crippen molar-refractivity contribution in [3.63, 3.8) is 0 Å². The lowest BCUT2D eigenvalue weighted by molar-refractivity contribution is -0.137. The van der Waals surface area contributed by atoms with Crippen molar-refractivity contribution in [2.75, 3.05) is 0 Å². The first-order valence-corrected chi connectivity index (χ1v) is 5.24. The van der Waals surface area contributed by atoms with Gasteiger partial charge in [0.25, 0.3) is 0 Å². The molecule has 0 N–H and O–H groups in total. The van der Waals surface area contributed by atoms with E-state index in [4.69, 9.17) is 11.6 Å². The van der Waals surface area contributed by atoms with Crippen LogP contribution >= 0.6 is 11.6 Å². The first kappa shape index (κ1) is 13.1. The third kappa shape index (κ3) is 3.27. The summed E-state index contributed by atoms with van der Waals surface area (Å²) in [5, 5.41) is -0.265. The maximum absolute atomic E-state index is 12.5. The predicted molar refractivity (Wildman–Crippen MR) is 59.6 cm³/mol. The summed E-state index contributed by atoms with van der Waals surface area (Å²) in [6.45, 7) is 5.69. The van der Waals surface area contributed by atoms with Crippen LogP contribution in [0.25, 0.3) is 0 Å². The number of alkyl halides is 3. The van der Waals surface area contributed by atoms with Crippen LogP contribution in [-0.4, -0.2) is 0 Å². The standard InChI is InChI=1S/C12H12ClF3/c1-3-8(2)6-9-4-5-11(13)10(7-9)12(14,15)16/h4-5,7H,2-3,6H2,1H3. The molecular weight excluding hydrogens is 237 g/mol. The normalized spacial score (nSPS) is 11.6. The Kier molecular flexibility index (Phi) is 4.03. The highest BCUT2D eigenvalue weighted by molar-refractivity contribution is 6.31. The second-order valence-corrected chi connectivity index (χ2v) is 4.00. The molecule has 0 radical (unpaired) electrons. The Morgan fingerprint density at radius 3 is 2.50 bits per heavy atom. The van der Waals surface area contributed by atoms with Gasteiger partial charge in [0, 0.05) is 0 Å². The summed E-state index contributed by atoms with van der Waals surface area (Å²) in [6.07, 6.45) is -3.19. The third-order valence-electron chi connectivity index (χ3n) is 2.29. The van der Waals surface area contributed by atoms with E-state index in [2.05, 4.69) is 6.58 Å². The second kappa shape index (κ2) is 4.91. The van der Waals surface area contributed by atoms with Crippen molar-refractivity contribution in [2.45, 2.75) is 25.9 Å². The van der Waals surface area contributed by atoms with Gasteiger partial charge in [-0.15, -0.1) is 0 Å². The van der Waals surface area contributed by atoms with Crippen molar-refractivity contribution in [1.82, 2.24) is 0 Å². The molecule has 16 heavy (non-hydrogen) atoms. The van der Waals surface area contributed by atoms with Crippen LogP contribution in [0, 0.1) is 0 Å². The average molecular weight is 249 g/mol. The van der Waals surface area contributed by atoms with E-state index in [1.807, 2.05) is 6.92 Å². The molecule has 0 aliphatic rings. The van der Waals surface area contributed by atoms with Gasteiger partial charge in [-0.3, -0.25) is 0 Å². The first-order valence-electron chi connectivity index (χ1n) is 4.87. The number of allylic oxidation sites excluding steroid dienone is 1. The van der Waals surface area contributed by atoms with Gasteiger partial charge in [0.1, 0.15) is 0 Å². The van der Waals surface area contributed by atoms with E-state index >= 15 is 0 Å². The number of hydrogen-bond donors (Lipinski definition) is 0. The lowest BCUT2D eigenvalue weighted by Gasteiger charge is -2.11. The van der Waals surface area contributed by atoms with Crippen LogP contribution in [-0.2, 0) is 12.6 Å². The SMILES string of the molecule is C=C(CC)Cc1ccc(Cl)c(C(F)(F)F)c1. The Balaban J connectivity index is 3.03. The van der Waals surface area contributed by atoms with Crippen molar-refractivity contribution in [3.05, 3.63) is 46.5 Å². The number of rotatable bonds is 3. The van der Waals surface area contributed by atoms with Crippen LogP contribution in [0.1, 0.15) is 24.5 Å². The monoisotopic (exact) mass is 248 g/mol. The molecule has 0 amide bonds. The zero-order valence-corrected chi connectivity index (χ0v) is 9.62. The van der Waals surface area contributed by atoms with Gasteiger partial charge in [0.15, 0.2) is 0 Å². The first-order chi connectivity index (χ1) is 7.34. The smallest absolute Gasteiger partial charge is 0.166 e. The van der Waals surface area contributed by atoms with E-state index in [1.165, 1.54) is 6.07 Å². The van der Waals surface area contributed by atoms with E-state index in [9.17, 15) is 13.2 Å². The van der Waals surface area contributed by atoms with E-state index in [0.717, 1.165) is 18.1 Å². The molecule has 0 spiro atoms. The minimum absolute atomic E-state index is 0.265. The van der Waals surface area contributed by atoms with Crippen LogP contribution in [0.5, 0.6) is 0 Å². The lowest BCUT2D eigenvalue weighted by atomic mass is 10.0. The van der Waals surface area contributed by atoms with Gasteiger partial charge >= 0.3 is 6.18 Å². The van der Waals surface area contributed by atoms with Gasteiger partial charge in [-0.25, -0.2) is 0 Å². The summed E-state index contributed by atoms with van der Waals surface area (Å²) < 4.78 is 37.6. The van der Waals surface area contributed by atoms with Crippen LogP contribution in [0.15, 0.2) is 30.4 Å². The van der Waals surface area contributed by atoms with Crippen LogP contribution in [0.2, 0.25) is 5.02 Å². The molecule has 0 aromatic heterocycles. The zero-order valence-electron chi connectivity index (χ0n) is 8.87. The Morgan fingerprint density at radius 2 is 2.00 bits per heavy atom. The van der Waals surface area contributed by atoms with Gasteiger partial charge in [-0.2, -0.15) is 13.2 Å². The van der Waals surface area contributed by atoms with Gasteiger partial charge in [0.05, 0.1) is 10.6 Å². The average Bonchev–Trinajstić information content (AvgIpc) is 2.19. The van der Waals surface area contributed by atoms with Crippen molar-refractivity contribution in [2.24, 2.45) is 0 Å². The fourth-order valence-corrected chi connectivity index (χ4v) is 1.54. The Morgan fingerprint density at radius 1 is 1.38 bits per heavy atom. The molecule has 0 saturated carbocycles. The predicted octanol–water partition coefficient (Wildman–Crippen LogP) is 4.87. The molecule has 4 heteroatoms. The minimum Gasteiger partial charge on any atom is -0.166 e. The quantitative estimate of drug-likeness (QED) is 0.670. The molecule has 0 unspecified atom stereocenters. The largest absolute Gasteiger partial charge is 0.417 e. The Labute approximate surface area is 97.7 Å². The number of benzene rings is 1. The summed E-state index contributed by atoms with van der Waals surface area (Å²) >= 11 is 5.51. The molecular formula is C12H12ClF3. The minimum atomic E-state index is -4.40. The fourth-order valence-electron chi connectivity index (χ4n) is 1.31. The van der Waals surface area contributed by atoms with Crippen molar-refractivity contribution in [3.8, 4) is 0 Å². The van der Waals surface area contributed by atoms with E-state index < -0.39 is 11.7 Å². The summed E-state index contributed by atoms with van der Waals surface area (Å²) in [6, 6.07) is 3.96. The molecule has 1 aromatic carbocycles. The molecule has 88 valence electrons. The van der Waals surface area contributed by atoms with Crippen molar-refractivity contribution in [1.29, 1.82) is 0 Å². The molecule has 0 aliphatic carbocycles. The van der Waals surface area contributed by atoms with Gasteiger partial charge in [-0.1, -0.05) is 36.7 Å². The number of hydrogen-bond acceptors (Lipinski definition) is 0. The molecule has 0 saturated heterocycles. The second-order valence-electron chi connectivity index (χ2n) is 3.59. The fraction of sp³-hybridized carbons (Fsp3) is 0.333. The van der Waals surface area contributed by atoms with Crippen molar-refractivity contribution < 1.29 is 13.2 Å². The summed E-state index contributed by atoms with van der Waals surface area (Å²) in [5.41, 5.74) is 0.703. The van der Waals surface area contributed by atoms with Gasteiger partial charge < -0.3 is 0 Å². The maximum Gasteiger partial charge on any atom is 0.417 e. The van der Waals surface area contributed by atoms with Gasteiger partial charge in [-0.05, 0) is 30.5 Å². The molecule has 0 aliphatic heterocycles. The van der Waals surface area contributed by atoms with Crippen LogP contribution < -0.4 is 0 Å². The molecule has 0 fully saturated rings. The molecule has 0 bridgehead atoms. The highest BCUT2D eigenvalue weighted by Gasteiger charge is 2.33. The van der Waals surface area contributed by atoms with Crippen molar-refractivity contribution >= 4 is 11.6 Å². The summed E-state index contributed by atoms with van der Waals surface area (Å²) in [4.78, 5) is 0. The highest BCUT2D eigenvalue weighted by atomic mass is 35.5. The van der Waals surface area contributed by atoms with Gasteiger partial charge in [0.2, 0.25) is 0 Å². The molecule has 1 rings (SSSR count). The molecule has 0 atom stereocenters. The summed E-state index contributed by atoms with van der Waals surface area (Å²) in [7, 11) is 0. The maximum atomic E-state index is 12.5. The zero-order chi connectivity index (χ0) is 12.3. The number of halogens is 4. The topological polar surface area (TPSA) is 0 Å². The van der Waals surface area contributed by atoms with E-state index in [0.29, 0.717) is 12.0 Å². The molecule has 1 aromatic rings. The molecule has 0 nitrogen and oxygen atoms in total. The third-order valence-corrected chi connectivity index (χ3v) is 2.62. The summed E-state index contributed by atoms with van der Waals surface area (Å²) in [5.74, 6) is 0. The lowest BCUT2D eigenvalue weighted by Crippen LogP contribution is -2.06. The Hall–Kier alpha value is -0.960. The van der Waals surface area contributed by atoms with E-state index in [-0.39, 0.29) is 5.02 Å². The van der Waals surface area contributed by atoms with E-state index in [1.54, 1.807) is 6.07 Å². The Bertz CT molecular complexity index is 394. The van der Waals surface area contributed by atoms with Crippen LogP contribution in [0.3, 0.4) is 0 Å². The molecule has 0 heterocycles.